The maximum Gasteiger partial charge on any atom is 0.270 e. The van der Waals surface area contributed by atoms with E-state index in [0.717, 1.165) is 53.1 Å². The van der Waals surface area contributed by atoms with Crippen LogP contribution in [-0.4, -0.2) is 35.5 Å². The van der Waals surface area contributed by atoms with Gasteiger partial charge in [-0.3, -0.25) is 9.20 Å². The van der Waals surface area contributed by atoms with Crippen LogP contribution < -0.4 is 15.0 Å². The monoisotopic (exact) mass is 546 g/mol. The van der Waals surface area contributed by atoms with Crippen molar-refractivity contribution in [1.29, 1.82) is 0 Å². The zero-order chi connectivity index (χ0) is 25.1. The largest absolute Gasteiger partial charge is 0.497 e. The zero-order valence-corrected chi connectivity index (χ0v) is 22.3. The van der Waals surface area contributed by atoms with Gasteiger partial charge in [-0.25, -0.2) is 4.98 Å². The average molecular weight is 547 g/mol. The molecule has 0 spiro atoms. The Hall–Kier alpha value is -3.32. The number of anilines is 1. The third-order valence-corrected chi connectivity index (χ3v) is 7.51. The third-order valence-electron chi connectivity index (χ3n) is 7.04. The number of pyridine rings is 1. The molecule has 1 aliphatic rings. The molecule has 0 unspecified atom stereocenters. The highest BCUT2D eigenvalue weighted by atomic mass is 79.9. The summed E-state index contributed by atoms with van der Waals surface area (Å²) < 4.78 is 8.05. The molecule has 0 atom stereocenters. The van der Waals surface area contributed by atoms with Crippen LogP contribution in [0.15, 0.2) is 71.3 Å². The second-order valence-electron chi connectivity index (χ2n) is 9.22. The average Bonchev–Trinajstić information content (AvgIpc) is 3.30. The minimum Gasteiger partial charge on any atom is -0.497 e. The molecule has 0 bridgehead atoms. The van der Waals surface area contributed by atoms with Crippen LogP contribution in [0, 0.1) is 0 Å². The number of hydrogen-bond donors (Lipinski definition) is 1. The maximum absolute atomic E-state index is 13.1. The summed E-state index contributed by atoms with van der Waals surface area (Å²) >= 11 is 3.49. The van der Waals surface area contributed by atoms with Gasteiger partial charge in [-0.15, -0.1) is 0 Å². The number of carbonyl (C=O) groups is 1. The smallest absolute Gasteiger partial charge is 0.270 e. The van der Waals surface area contributed by atoms with E-state index in [-0.39, 0.29) is 5.91 Å². The molecule has 7 heteroatoms. The van der Waals surface area contributed by atoms with Crippen LogP contribution >= 0.6 is 15.9 Å². The minimum atomic E-state index is -0.109. The first-order valence-corrected chi connectivity index (χ1v) is 13.3. The van der Waals surface area contributed by atoms with Crippen LogP contribution in [0.4, 0.5) is 5.69 Å². The van der Waals surface area contributed by atoms with Gasteiger partial charge in [-0.2, -0.15) is 0 Å². The van der Waals surface area contributed by atoms with Gasteiger partial charge in [0.15, 0.2) is 0 Å². The van der Waals surface area contributed by atoms with E-state index in [1.165, 1.54) is 11.3 Å². The number of aromatic nitrogens is 2. The Labute approximate surface area is 220 Å². The number of benzene rings is 2. The second kappa shape index (κ2) is 10.7. The van der Waals surface area contributed by atoms with E-state index < -0.39 is 0 Å². The van der Waals surface area contributed by atoms with Gasteiger partial charge < -0.3 is 15.0 Å². The molecule has 4 aromatic rings. The predicted molar refractivity (Wildman–Crippen MR) is 147 cm³/mol. The number of ether oxygens (including phenoxy) is 1. The van der Waals surface area contributed by atoms with Gasteiger partial charge in [0.1, 0.15) is 17.1 Å². The summed E-state index contributed by atoms with van der Waals surface area (Å²) in [5.41, 5.74) is 5.89. The quantitative estimate of drug-likeness (QED) is 0.309. The van der Waals surface area contributed by atoms with Crippen LogP contribution in [0.25, 0.3) is 5.65 Å². The van der Waals surface area contributed by atoms with E-state index in [1.807, 2.05) is 29.7 Å². The molecule has 0 saturated carbocycles. The SMILES string of the molecule is CCc1nc2ccc(Br)cn2c1C(=O)NCc1ccc(N2CCC(c3ccc(OC)cc3)CC2)cc1. The van der Waals surface area contributed by atoms with Crippen molar-refractivity contribution in [2.75, 3.05) is 25.1 Å². The molecule has 1 N–H and O–H groups in total. The Morgan fingerprint density at radius 2 is 1.78 bits per heavy atom. The molecule has 0 aliphatic carbocycles. The number of methoxy groups -OCH3 is 1. The van der Waals surface area contributed by atoms with Gasteiger partial charge in [0, 0.05) is 36.0 Å². The molecule has 1 aliphatic heterocycles. The number of fused-ring (bicyclic) bond motifs is 1. The van der Waals surface area contributed by atoms with E-state index in [4.69, 9.17) is 4.74 Å². The fraction of sp³-hybridized carbons (Fsp3) is 0.310. The maximum atomic E-state index is 13.1. The summed E-state index contributed by atoms with van der Waals surface area (Å²) in [5.74, 6) is 1.39. The molecular weight excluding hydrogens is 516 g/mol. The Morgan fingerprint density at radius 3 is 2.44 bits per heavy atom. The number of amides is 1. The van der Waals surface area contributed by atoms with Crippen molar-refractivity contribution in [3.05, 3.63) is 93.8 Å². The fourth-order valence-corrected chi connectivity index (χ4v) is 5.33. The van der Waals surface area contributed by atoms with Gasteiger partial charge in [-0.1, -0.05) is 31.2 Å². The summed E-state index contributed by atoms with van der Waals surface area (Å²) in [4.78, 5) is 20.1. The Bertz CT molecular complexity index is 1340. The number of aryl methyl sites for hydroxylation is 1. The standard InChI is InChI=1S/C29H31BrN4O2/c1-3-26-28(34-19-23(30)8-13-27(34)32-26)29(35)31-18-20-4-9-24(10-5-20)33-16-14-22(15-17-33)21-6-11-25(36-2)12-7-21/h4-13,19,22H,3,14-18H2,1-2H3,(H,31,35). The van der Waals surface area contributed by atoms with Gasteiger partial charge in [0.05, 0.1) is 12.8 Å². The Balaban J connectivity index is 1.18. The van der Waals surface area contributed by atoms with Gasteiger partial charge >= 0.3 is 0 Å². The van der Waals surface area contributed by atoms with Crippen LogP contribution in [0.3, 0.4) is 0 Å². The van der Waals surface area contributed by atoms with Crippen molar-refractivity contribution in [3.8, 4) is 5.75 Å². The number of piperidine rings is 1. The van der Waals surface area contributed by atoms with Crippen LogP contribution in [0.2, 0.25) is 0 Å². The molecular formula is C29H31BrN4O2. The summed E-state index contributed by atoms with van der Waals surface area (Å²) in [7, 11) is 1.70. The van der Waals surface area contributed by atoms with Crippen molar-refractivity contribution < 1.29 is 9.53 Å². The highest BCUT2D eigenvalue weighted by Gasteiger charge is 2.21. The summed E-state index contributed by atoms with van der Waals surface area (Å²) in [6, 6.07) is 20.9. The first-order chi connectivity index (χ1) is 17.6. The lowest BCUT2D eigenvalue weighted by Crippen LogP contribution is -2.32. The molecule has 1 saturated heterocycles. The second-order valence-corrected chi connectivity index (χ2v) is 10.1. The number of nitrogens with one attached hydrogen (secondary N) is 1. The van der Waals surface area contributed by atoms with Crippen LogP contribution in [-0.2, 0) is 13.0 Å². The van der Waals surface area contributed by atoms with E-state index in [0.29, 0.717) is 24.6 Å². The highest BCUT2D eigenvalue weighted by molar-refractivity contribution is 9.10. The summed E-state index contributed by atoms with van der Waals surface area (Å²) in [6.45, 7) is 4.57. The van der Waals surface area contributed by atoms with Crippen molar-refractivity contribution in [2.45, 2.75) is 38.6 Å². The zero-order valence-electron chi connectivity index (χ0n) is 20.7. The van der Waals surface area contributed by atoms with Crippen molar-refractivity contribution >= 4 is 33.2 Å². The Kier molecular flexibility index (Phi) is 7.28. The van der Waals surface area contributed by atoms with E-state index >= 15 is 0 Å². The number of imidazole rings is 1. The Morgan fingerprint density at radius 1 is 1.06 bits per heavy atom. The molecule has 36 heavy (non-hydrogen) atoms. The number of nitrogens with zero attached hydrogens (tertiary/aromatic N) is 3. The third kappa shape index (κ3) is 5.12. The summed E-state index contributed by atoms with van der Waals surface area (Å²) in [5, 5.41) is 3.08. The lowest BCUT2D eigenvalue weighted by atomic mass is 9.89. The number of carbonyl (C=O) groups excluding carboxylic acids is 1. The molecule has 0 radical (unpaired) electrons. The lowest BCUT2D eigenvalue weighted by Gasteiger charge is -2.34. The molecule has 186 valence electrons. The minimum absolute atomic E-state index is 0.109. The molecule has 1 amide bonds. The van der Waals surface area contributed by atoms with Crippen LogP contribution in [0.5, 0.6) is 5.75 Å². The van der Waals surface area contributed by atoms with E-state index in [2.05, 4.69) is 79.7 Å². The van der Waals surface area contributed by atoms with Crippen molar-refractivity contribution in [2.24, 2.45) is 0 Å². The number of halogens is 1. The lowest BCUT2D eigenvalue weighted by molar-refractivity contribution is 0.0944. The molecule has 2 aromatic carbocycles. The number of hydrogen-bond acceptors (Lipinski definition) is 4. The van der Waals surface area contributed by atoms with Crippen LogP contribution in [0.1, 0.15) is 53.0 Å². The first kappa shape index (κ1) is 24.4. The van der Waals surface area contributed by atoms with E-state index in [1.54, 1.807) is 7.11 Å². The summed E-state index contributed by atoms with van der Waals surface area (Å²) in [6.07, 6.45) is 4.87. The normalized spacial score (nSPS) is 14.2. The topological polar surface area (TPSA) is 58.9 Å². The molecule has 5 rings (SSSR count). The van der Waals surface area contributed by atoms with Crippen molar-refractivity contribution in [3.63, 3.8) is 0 Å². The predicted octanol–water partition coefficient (Wildman–Crippen LogP) is 5.98. The molecule has 1 fully saturated rings. The number of rotatable bonds is 7. The van der Waals surface area contributed by atoms with Gasteiger partial charge in [0.2, 0.25) is 0 Å². The first-order valence-electron chi connectivity index (χ1n) is 12.5. The van der Waals surface area contributed by atoms with Gasteiger partial charge in [-0.05, 0) is 88.6 Å². The highest BCUT2D eigenvalue weighted by Crippen LogP contribution is 2.31. The van der Waals surface area contributed by atoms with Gasteiger partial charge in [0.25, 0.3) is 5.91 Å². The van der Waals surface area contributed by atoms with Crippen molar-refractivity contribution in [1.82, 2.24) is 14.7 Å². The van der Waals surface area contributed by atoms with E-state index in [9.17, 15) is 4.79 Å². The molecule has 2 aromatic heterocycles. The molecule has 6 nitrogen and oxygen atoms in total. The molecule has 3 heterocycles. The fourth-order valence-electron chi connectivity index (χ4n) is 4.99.